The summed E-state index contributed by atoms with van der Waals surface area (Å²) in [5.41, 5.74) is 0. The number of likely N-dealkylation sites (N-methyl/N-ethyl adjacent to an activating group) is 1. The van der Waals surface area contributed by atoms with Gasteiger partial charge in [-0.3, -0.25) is 14.4 Å². The van der Waals surface area contributed by atoms with Crippen molar-refractivity contribution in [1.29, 1.82) is 0 Å². The minimum absolute atomic E-state index is 0.107. The molecule has 6 nitrogen and oxygen atoms in total. The lowest BCUT2D eigenvalue weighted by Gasteiger charge is -2.13. The highest BCUT2D eigenvalue weighted by Gasteiger charge is 2.15. The maximum atomic E-state index is 11.4. The van der Waals surface area contributed by atoms with E-state index in [4.69, 9.17) is 0 Å². The van der Waals surface area contributed by atoms with Gasteiger partial charge in [-0.25, -0.2) is 0 Å². The van der Waals surface area contributed by atoms with Crippen LogP contribution in [0.2, 0.25) is 0 Å². The van der Waals surface area contributed by atoms with Crippen molar-refractivity contribution < 1.29 is 14.4 Å². The van der Waals surface area contributed by atoms with Crippen LogP contribution in [0.3, 0.4) is 0 Å². The third-order valence-electron chi connectivity index (χ3n) is 2.50. The summed E-state index contributed by atoms with van der Waals surface area (Å²) in [6.45, 7) is 5.16. The van der Waals surface area contributed by atoms with Gasteiger partial charge in [0.2, 0.25) is 17.7 Å². The first-order chi connectivity index (χ1) is 7.92. The summed E-state index contributed by atoms with van der Waals surface area (Å²) < 4.78 is 0. The van der Waals surface area contributed by atoms with E-state index in [0.717, 1.165) is 6.42 Å². The molecule has 0 spiro atoms. The van der Waals surface area contributed by atoms with Gasteiger partial charge in [-0.1, -0.05) is 13.8 Å². The minimum atomic E-state index is -0.604. The standard InChI is InChI=1S/C11H21N3O3/c1-5-7(2)10(16)13-6-9(15)14-8(3)11(17)12-4/h7-8H,5-6H2,1-4H3,(H,12,17)(H,13,16)(H,14,15)/t7-,8+/m0/s1. The number of hydrogen-bond acceptors (Lipinski definition) is 3. The van der Waals surface area contributed by atoms with Crippen molar-refractivity contribution in [2.75, 3.05) is 13.6 Å². The number of rotatable bonds is 6. The van der Waals surface area contributed by atoms with E-state index >= 15 is 0 Å². The van der Waals surface area contributed by atoms with Gasteiger partial charge < -0.3 is 16.0 Å². The Morgan fingerprint density at radius 1 is 1.12 bits per heavy atom. The second-order valence-corrected chi connectivity index (χ2v) is 3.93. The van der Waals surface area contributed by atoms with Crippen molar-refractivity contribution >= 4 is 17.7 Å². The van der Waals surface area contributed by atoms with Crippen LogP contribution in [0, 0.1) is 5.92 Å². The van der Waals surface area contributed by atoms with Crippen LogP contribution in [0.1, 0.15) is 27.2 Å². The Morgan fingerprint density at radius 2 is 1.71 bits per heavy atom. The summed E-state index contributed by atoms with van der Waals surface area (Å²) in [5, 5.41) is 7.41. The Bertz CT molecular complexity index is 292. The van der Waals surface area contributed by atoms with Gasteiger partial charge in [-0.15, -0.1) is 0 Å². The maximum Gasteiger partial charge on any atom is 0.242 e. The number of nitrogens with one attached hydrogen (secondary N) is 3. The van der Waals surface area contributed by atoms with Crippen LogP contribution in [0.4, 0.5) is 0 Å². The molecular weight excluding hydrogens is 222 g/mol. The molecule has 0 saturated carbocycles. The van der Waals surface area contributed by atoms with E-state index in [1.807, 2.05) is 6.92 Å². The van der Waals surface area contributed by atoms with E-state index in [1.165, 1.54) is 7.05 Å². The van der Waals surface area contributed by atoms with Crippen molar-refractivity contribution in [2.45, 2.75) is 33.2 Å². The lowest BCUT2D eigenvalue weighted by atomic mass is 10.1. The molecule has 0 radical (unpaired) electrons. The number of carbonyl (C=O) groups is 3. The van der Waals surface area contributed by atoms with Crippen molar-refractivity contribution in [1.82, 2.24) is 16.0 Å². The van der Waals surface area contributed by atoms with E-state index in [0.29, 0.717) is 0 Å². The van der Waals surface area contributed by atoms with E-state index in [9.17, 15) is 14.4 Å². The Morgan fingerprint density at radius 3 is 2.18 bits per heavy atom. The molecule has 2 atom stereocenters. The second-order valence-electron chi connectivity index (χ2n) is 3.93. The molecule has 0 aliphatic rings. The summed E-state index contributed by atoms with van der Waals surface area (Å²) in [5.74, 6) is -0.918. The lowest BCUT2D eigenvalue weighted by molar-refractivity contribution is -0.130. The monoisotopic (exact) mass is 243 g/mol. The summed E-state index contributed by atoms with van der Waals surface area (Å²) in [7, 11) is 1.50. The zero-order valence-electron chi connectivity index (χ0n) is 10.8. The molecule has 3 amide bonds. The molecule has 3 N–H and O–H groups in total. The maximum absolute atomic E-state index is 11.4. The molecule has 0 heterocycles. The molecular formula is C11H21N3O3. The van der Waals surface area contributed by atoms with E-state index in [2.05, 4.69) is 16.0 Å². The molecule has 17 heavy (non-hydrogen) atoms. The zero-order chi connectivity index (χ0) is 13.4. The van der Waals surface area contributed by atoms with E-state index in [1.54, 1.807) is 13.8 Å². The van der Waals surface area contributed by atoms with Crippen molar-refractivity contribution in [3.05, 3.63) is 0 Å². The number of carbonyl (C=O) groups excluding carboxylic acids is 3. The van der Waals surface area contributed by atoms with Crippen molar-refractivity contribution in [3.63, 3.8) is 0 Å². The predicted molar refractivity (Wildman–Crippen MR) is 64.1 cm³/mol. The van der Waals surface area contributed by atoms with Gasteiger partial charge in [-0.2, -0.15) is 0 Å². The highest BCUT2D eigenvalue weighted by atomic mass is 16.2. The normalized spacial score (nSPS) is 13.4. The average molecular weight is 243 g/mol. The van der Waals surface area contributed by atoms with Gasteiger partial charge in [0.05, 0.1) is 6.54 Å². The van der Waals surface area contributed by atoms with Crippen LogP contribution in [-0.4, -0.2) is 37.4 Å². The van der Waals surface area contributed by atoms with Crippen LogP contribution in [-0.2, 0) is 14.4 Å². The Hall–Kier alpha value is -1.59. The van der Waals surface area contributed by atoms with Gasteiger partial charge in [0, 0.05) is 13.0 Å². The van der Waals surface area contributed by atoms with Gasteiger partial charge in [0.1, 0.15) is 6.04 Å². The molecule has 0 unspecified atom stereocenters. The summed E-state index contributed by atoms with van der Waals surface area (Å²) >= 11 is 0. The van der Waals surface area contributed by atoms with Crippen LogP contribution >= 0.6 is 0 Å². The average Bonchev–Trinajstić information content (AvgIpc) is 2.33. The highest BCUT2D eigenvalue weighted by molar-refractivity contribution is 5.90. The Labute approximate surface area is 102 Å². The molecule has 0 aromatic carbocycles. The Kier molecular flexibility index (Phi) is 6.93. The van der Waals surface area contributed by atoms with Gasteiger partial charge in [0.25, 0.3) is 0 Å². The third-order valence-corrected chi connectivity index (χ3v) is 2.50. The first-order valence-electron chi connectivity index (χ1n) is 5.71. The fraction of sp³-hybridized carbons (Fsp3) is 0.727. The molecule has 98 valence electrons. The van der Waals surface area contributed by atoms with Crippen molar-refractivity contribution in [2.24, 2.45) is 5.92 Å². The Balaban J connectivity index is 3.96. The van der Waals surface area contributed by atoms with Crippen LogP contribution < -0.4 is 16.0 Å². The van der Waals surface area contributed by atoms with Crippen LogP contribution in [0.15, 0.2) is 0 Å². The molecule has 0 saturated heterocycles. The second kappa shape index (κ2) is 7.65. The first kappa shape index (κ1) is 15.4. The fourth-order valence-electron chi connectivity index (χ4n) is 1.10. The quantitative estimate of drug-likeness (QED) is 0.582. The summed E-state index contributed by atoms with van der Waals surface area (Å²) in [6, 6.07) is -0.604. The smallest absolute Gasteiger partial charge is 0.242 e. The zero-order valence-corrected chi connectivity index (χ0v) is 10.8. The summed E-state index contributed by atoms with van der Waals surface area (Å²) in [4.78, 5) is 33.9. The SMILES string of the molecule is CC[C@H](C)C(=O)NCC(=O)N[C@H](C)C(=O)NC. The number of hydrogen-bond donors (Lipinski definition) is 3. The van der Waals surface area contributed by atoms with Crippen LogP contribution in [0.5, 0.6) is 0 Å². The van der Waals surface area contributed by atoms with E-state index < -0.39 is 6.04 Å². The molecule has 0 aromatic rings. The largest absolute Gasteiger partial charge is 0.357 e. The topological polar surface area (TPSA) is 87.3 Å². The predicted octanol–water partition coefficient (Wildman–Crippen LogP) is -0.601. The molecule has 6 heteroatoms. The van der Waals surface area contributed by atoms with E-state index in [-0.39, 0.29) is 30.2 Å². The van der Waals surface area contributed by atoms with Gasteiger partial charge in [0.15, 0.2) is 0 Å². The molecule has 0 aliphatic carbocycles. The molecule has 0 fully saturated rings. The molecule has 0 aromatic heterocycles. The lowest BCUT2D eigenvalue weighted by Crippen LogP contribution is -2.47. The number of amides is 3. The minimum Gasteiger partial charge on any atom is -0.357 e. The molecule has 0 rings (SSSR count). The summed E-state index contributed by atoms with van der Waals surface area (Å²) in [6.07, 6.45) is 0.724. The molecule has 0 aliphatic heterocycles. The third kappa shape index (κ3) is 5.89. The fourth-order valence-corrected chi connectivity index (χ4v) is 1.10. The molecule has 0 bridgehead atoms. The van der Waals surface area contributed by atoms with Crippen molar-refractivity contribution in [3.8, 4) is 0 Å². The van der Waals surface area contributed by atoms with Gasteiger partial charge in [-0.05, 0) is 13.3 Å². The first-order valence-corrected chi connectivity index (χ1v) is 5.71. The van der Waals surface area contributed by atoms with Gasteiger partial charge >= 0.3 is 0 Å². The highest BCUT2D eigenvalue weighted by Crippen LogP contribution is 1.98. The van der Waals surface area contributed by atoms with Crippen LogP contribution in [0.25, 0.3) is 0 Å².